The van der Waals surface area contributed by atoms with Gasteiger partial charge < -0.3 is 15.8 Å². The fraction of sp³-hybridized carbons (Fsp3) is 0.533. The zero-order chi connectivity index (χ0) is 14.1. The third-order valence-electron chi connectivity index (χ3n) is 2.99. The quantitative estimate of drug-likeness (QED) is 0.707. The summed E-state index contributed by atoms with van der Waals surface area (Å²) in [5, 5.41) is 3.01. The van der Waals surface area contributed by atoms with Crippen LogP contribution in [0.2, 0.25) is 0 Å². The number of amides is 1. The normalized spacial score (nSPS) is 12.1. The maximum atomic E-state index is 11.9. The van der Waals surface area contributed by atoms with Gasteiger partial charge in [0.1, 0.15) is 0 Å². The molecule has 0 aliphatic heterocycles. The van der Waals surface area contributed by atoms with Gasteiger partial charge in [0.25, 0.3) is 0 Å². The van der Waals surface area contributed by atoms with E-state index < -0.39 is 0 Å². The molecule has 4 heteroatoms. The number of rotatable bonds is 8. The number of anilines is 1. The van der Waals surface area contributed by atoms with Gasteiger partial charge in [-0.2, -0.15) is 0 Å². The molecule has 1 aromatic rings. The summed E-state index contributed by atoms with van der Waals surface area (Å²) < 4.78 is 5.10. The molecule has 1 amide bonds. The average molecular weight is 264 g/mol. The summed E-state index contributed by atoms with van der Waals surface area (Å²) in [6, 6.07) is 7.76. The Bertz CT molecular complexity index is 370. The second kappa shape index (κ2) is 8.53. The van der Waals surface area contributed by atoms with Crippen molar-refractivity contribution in [2.24, 2.45) is 0 Å². The van der Waals surface area contributed by atoms with Crippen molar-refractivity contribution >= 4 is 11.6 Å². The minimum absolute atomic E-state index is 0.0762. The summed E-state index contributed by atoms with van der Waals surface area (Å²) in [4.78, 5) is 11.9. The lowest BCUT2D eigenvalue weighted by atomic mass is 10.1. The first-order valence-corrected chi connectivity index (χ1v) is 6.78. The van der Waals surface area contributed by atoms with Gasteiger partial charge >= 0.3 is 0 Å². The van der Waals surface area contributed by atoms with Crippen LogP contribution in [0.3, 0.4) is 0 Å². The number of methoxy groups -OCH3 is 1. The van der Waals surface area contributed by atoms with E-state index in [0.717, 1.165) is 30.5 Å². The smallest absolute Gasteiger partial charge is 0.220 e. The Morgan fingerprint density at radius 3 is 2.63 bits per heavy atom. The molecule has 106 valence electrons. The minimum atomic E-state index is 0.0762. The molecule has 0 spiro atoms. The van der Waals surface area contributed by atoms with Crippen LogP contribution in [0, 0.1) is 0 Å². The molecule has 0 aromatic heterocycles. The summed E-state index contributed by atoms with van der Waals surface area (Å²) in [6.45, 7) is 2.67. The molecule has 1 aromatic carbocycles. The van der Waals surface area contributed by atoms with E-state index in [0.29, 0.717) is 13.0 Å². The van der Waals surface area contributed by atoms with Crippen LogP contribution in [0.5, 0.6) is 0 Å². The number of ether oxygens (including phenoxy) is 1. The first-order valence-electron chi connectivity index (χ1n) is 6.78. The maximum absolute atomic E-state index is 11.9. The monoisotopic (exact) mass is 264 g/mol. The van der Waals surface area contributed by atoms with Gasteiger partial charge in [0.05, 0.1) is 12.6 Å². The Morgan fingerprint density at radius 1 is 1.37 bits per heavy atom. The highest BCUT2D eigenvalue weighted by Crippen LogP contribution is 2.08. The second-order valence-electron chi connectivity index (χ2n) is 4.75. The average Bonchev–Trinajstić information content (AvgIpc) is 2.39. The Kier molecular flexibility index (Phi) is 6.97. The van der Waals surface area contributed by atoms with E-state index in [9.17, 15) is 4.79 Å². The van der Waals surface area contributed by atoms with Crippen LogP contribution < -0.4 is 11.1 Å². The van der Waals surface area contributed by atoms with Gasteiger partial charge in [0.15, 0.2) is 0 Å². The zero-order valence-corrected chi connectivity index (χ0v) is 11.8. The predicted octanol–water partition coefficient (Wildman–Crippen LogP) is 2.13. The van der Waals surface area contributed by atoms with Crippen LogP contribution in [-0.2, 0) is 16.0 Å². The number of nitrogens with two attached hydrogens (primary N) is 1. The molecule has 19 heavy (non-hydrogen) atoms. The second-order valence-corrected chi connectivity index (χ2v) is 4.75. The Balaban J connectivity index is 2.35. The van der Waals surface area contributed by atoms with Crippen molar-refractivity contribution in [3.63, 3.8) is 0 Å². The highest BCUT2D eigenvalue weighted by atomic mass is 16.5. The SMILES string of the molecule is CCCC(COC)NC(=O)CCc1ccc(N)cc1. The molecule has 0 saturated heterocycles. The molecule has 0 radical (unpaired) electrons. The van der Waals surface area contributed by atoms with Gasteiger partial charge in [-0.05, 0) is 30.5 Å². The van der Waals surface area contributed by atoms with Crippen molar-refractivity contribution < 1.29 is 9.53 Å². The largest absolute Gasteiger partial charge is 0.399 e. The predicted molar refractivity (Wildman–Crippen MR) is 77.9 cm³/mol. The molecular formula is C15H24N2O2. The van der Waals surface area contributed by atoms with Crippen LogP contribution in [0.1, 0.15) is 31.7 Å². The van der Waals surface area contributed by atoms with Crippen LogP contribution in [-0.4, -0.2) is 25.7 Å². The fourth-order valence-electron chi connectivity index (χ4n) is 1.99. The van der Waals surface area contributed by atoms with Crippen molar-refractivity contribution in [2.75, 3.05) is 19.5 Å². The maximum Gasteiger partial charge on any atom is 0.220 e. The molecule has 0 aliphatic carbocycles. The lowest BCUT2D eigenvalue weighted by Crippen LogP contribution is -2.38. The number of nitrogen functional groups attached to an aromatic ring is 1. The molecule has 1 rings (SSSR count). The summed E-state index contributed by atoms with van der Waals surface area (Å²) >= 11 is 0. The van der Waals surface area contributed by atoms with Crippen LogP contribution in [0.4, 0.5) is 5.69 Å². The number of hydrogen-bond acceptors (Lipinski definition) is 3. The van der Waals surface area contributed by atoms with Gasteiger partial charge in [-0.25, -0.2) is 0 Å². The van der Waals surface area contributed by atoms with Crippen molar-refractivity contribution in [1.82, 2.24) is 5.32 Å². The van der Waals surface area contributed by atoms with Crippen molar-refractivity contribution in [3.8, 4) is 0 Å². The summed E-state index contributed by atoms with van der Waals surface area (Å²) in [7, 11) is 1.66. The zero-order valence-electron chi connectivity index (χ0n) is 11.8. The molecule has 0 aliphatic rings. The molecule has 0 bridgehead atoms. The molecule has 1 unspecified atom stereocenters. The number of benzene rings is 1. The summed E-state index contributed by atoms with van der Waals surface area (Å²) in [5.41, 5.74) is 7.50. The number of carbonyl (C=O) groups is 1. The lowest BCUT2D eigenvalue weighted by molar-refractivity contribution is -0.122. The van der Waals surface area contributed by atoms with Crippen molar-refractivity contribution in [3.05, 3.63) is 29.8 Å². The van der Waals surface area contributed by atoms with Crippen LogP contribution >= 0.6 is 0 Å². The molecule has 4 nitrogen and oxygen atoms in total. The van der Waals surface area contributed by atoms with E-state index in [1.165, 1.54) is 0 Å². The summed E-state index contributed by atoms with van der Waals surface area (Å²) in [6.07, 6.45) is 3.21. The molecular weight excluding hydrogens is 240 g/mol. The highest BCUT2D eigenvalue weighted by Gasteiger charge is 2.11. The summed E-state index contributed by atoms with van der Waals surface area (Å²) in [5.74, 6) is 0.0762. The van der Waals surface area contributed by atoms with E-state index in [2.05, 4.69) is 12.2 Å². The Hall–Kier alpha value is -1.55. The number of hydrogen-bond donors (Lipinski definition) is 2. The number of carbonyl (C=O) groups excluding carboxylic acids is 1. The first kappa shape index (κ1) is 15.5. The van der Waals surface area contributed by atoms with E-state index in [1.54, 1.807) is 7.11 Å². The molecule has 3 N–H and O–H groups in total. The van der Waals surface area contributed by atoms with Gasteiger partial charge in [0.2, 0.25) is 5.91 Å². The van der Waals surface area contributed by atoms with E-state index in [4.69, 9.17) is 10.5 Å². The third kappa shape index (κ3) is 6.25. The molecule has 0 saturated carbocycles. The topological polar surface area (TPSA) is 64.3 Å². The lowest BCUT2D eigenvalue weighted by Gasteiger charge is -2.17. The molecule has 0 heterocycles. The van der Waals surface area contributed by atoms with E-state index >= 15 is 0 Å². The van der Waals surface area contributed by atoms with Gasteiger partial charge in [-0.15, -0.1) is 0 Å². The fourth-order valence-corrected chi connectivity index (χ4v) is 1.99. The van der Waals surface area contributed by atoms with Gasteiger partial charge in [0, 0.05) is 19.2 Å². The Morgan fingerprint density at radius 2 is 2.05 bits per heavy atom. The minimum Gasteiger partial charge on any atom is -0.399 e. The molecule has 0 fully saturated rings. The van der Waals surface area contributed by atoms with Crippen LogP contribution in [0.25, 0.3) is 0 Å². The van der Waals surface area contributed by atoms with Crippen molar-refractivity contribution in [1.29, 1.82) is 0 Å². The van der Waals surface area contributed by atoms with Gasteiger partial charge in [-0.3, -0.25) is 4.79 Å². The first-order chi connectivity index (χ1) is 9.15. The third-order valence-corrected chi connectivity index (χ3v) is 2.99. The van der Waals surface area contributed by atoms with E-state index in [1.807, 2.05) is 24.3 Å². The van der Waals surface area contributed by atoms with E-state index in [-0.39, 0.29) is 11.9 Å². The van der Waals surface area contributed by atoms with Crippen LogP contribution in [0.15, 0.2) is 24.3 Å². The van der Waals surface area contributed by atoms with Crippen molar-refractivity contribution in [2.45, 2.75) is 38.6 Å². The Labute approximate surface area is 115 Å². The number of aryl methyl sites for hydroxylation is 1. The highest BCUT2D eigenvalue weighted by molar-refractivity contribution is 5.76. The van der Waals surface area contributed by atoms with Gasteiger partial charge in [-0.1, -0.05) is 25.5 Å². The number of nitrogens with one attached hydrogen (secondary N) is 1. The molecule has 1 atom stereocenters. The standard InChI is InChI=1S/C15H24N2O2/c1-3-4-14(11-19-2)17-15(18)10-7-12-5-8-13(16)9-6-12/h5-6,8-9,14H,3-4,7,10-11,16H2,1-2H3,(H,17,18).